The summed E-state index contributed by atoms with van der Waals surface area (Å²) in [6, 6.07) is 0. The Morgan fingerprint density at radius 1 is 1.24 bits per heavy atom. The Hall–Kier alpha value is -0.570. The van der Waals surface area contributed by atoms with Crippen molar-refractivity contribution in [3.8, 4) is 0 Å². The van der Waals surface area contributed by atoms with Gasteiger partial charge in [0.2, 0.25) is 0 Å². The molecule has 0 aromatic carbocycles. The van der Waals surface area contributed by atoms with Crippen molar-refractivity contribution in [1.82, 2.24) is 0 Å². The number of carbonyl (C=O) groups is 1. The molecule has 0 unspecified atom stereocenters. The van der Waals surface area contributed by atoms with Crippen LogP contribution in [0.4, 0.5) is 0 Å². The average molecular weight is 242 g/mol. The summed E-state index contributed by atoms with van der Waals surface area (Å²) in [6.07, 6.45) is 6.80. The number of carboxylic acids is 1. The van der Waals surface area contributed by atoms with Crippen LogP contribution in [0.5, 0.6) is 0 Å². The fourth-order valence-corrected chi connectivity index (χ4v) is 2.56. The predicted octanol–water partition coefficient (Wildman–Crippen LogP) is 3.47. The zero-order valence-electron chi connectivity index (χ0n) is 11.2. The lowest BCUT2D eigenvalue weighted by molar-refractivity contribution is -0.151. The van der Waals surface area contributed by atoms with Gasteiger partial charge in [-0.2, -0.15) is 0 Å². The summed E-state index contributed by atoms with van der Waals surface area (Å²) in [5, 5.41) is 9.47. The molecular formula is C14H26O3. The minimum atomic E-state index is -0.618. The first-order valence-electron chi connectivity index (χ1n) is 6.88. The lowest BCUT2D eigenvalue weighted by Crippen LogP contribution is -2.32. The third-order valence-corrected chi connectivity index (χ3v) is 3.69. The molecule has 0 radical (unpaired) electrons. The van der Waals surface area contributed by atoms with Gasteiger partial charge in [0.1, 0.15) is 0 Å². The summed E-state index contributed by atoms with van der Waals surface area (Å²) in [7, 11) is 0. The van der Waals surface area contributed by atoms with Crippen LogP contribution in [0.3, 0.4) is 0 Å². The van der Waals surface area contributed by atoms with Gasteiger partial charge < -0.3 is 9.84 Å². The highest BCUT2D eigenvalue weighted by molar-refractivity contribution is 5.74. The first-order valence-corrected chi connectivity index (χ1v) is 6.88. The maximum atomic E-state index is 11.5. The number of rotatable bonds is 6. The normalized spacial score (nSPS) is 20.2. The standard InChI is InChI=1S/C14H26O3/c1-12(2)11-17-10-9-14(13(15)16)7-5-3-4-6-8-14/h12H,3-11H2,1-2H3,(H,15,16). The third-order valence-electron chi connectivity index (χ3n) is 3.69. The zero-order chi connectivity index (χ0) is 12.7. The Labute approximate surface area is 105 Å². The third kappa shape index (κ3) is 4.66. The Bertz CT molecular complexity index is 228. The molecular weight excluding hydrogens is 216 g/mol. The van der Waals surface area contributed by atoms with Crippen LogP contribution >= 0.6 is 0 Å². The molecule has 1 saturated carbocycles. The molecule has 1 aliphatic rings. The fourth-order valence-electron chi connectivity index (χ4n) is 2.56. The second kappa shape index (κ2) is 7.00. The van der Waals surface area contributed by atoms with Gasteiger partial charge in [-0.25, -0.2) is 0 Å². The monoisotopic (exact) mass is 242 g/mol. The molecule has 0 amide bonds. The summed E-state index contributed by atoms with van der Waals surface area (Å²) >= 11 is 0. The Kier molecular flexibility index (Phi) is 5.96. The maximum absolute atomic E-state index is 11.5. The molecule has 1 N–H and O–H groups in total. The molecule has 0 heterocycles. The van der Waals surface area contributed by atoms with Crippen LogP contribution in [0.25, 0.3) is 0 Å². The first-order chi connectivity index (χ1) is 8.07. The van der Waals surface area contributed by atoms with Gasteiger partial charge >= 0.3 is 5.97 Å². The van der Waals surface area contributed by atoms with Crippen LogP contribution in [-0.2, 0) is 9.53 Å². The van der Waals surface area contributed by atoms with Crippen molar-refractivity contribution in [2.75, 3.05) is 13.2 Å². The summed E-state index contributed by atoms with van der Waals surface area (Å²) in [5.74, 6) is -0.0996. The summed E-state index contributed by atoms with van der Waals surface area (Å²) in [6.45, 7) is 5.54. The van der Waals surface area contributed by atoms with Gasteiger partial charge in [0.05, 0.1) is 5.41 Å². The molecule has 17 heavy (non-hydrogen) atoms. The highest BCUT2D eigenvalue weighted by atomic mass is 16.5. The predicted molar refractivity (Wildman–Crippen MR) is 68.0 cm³/mol. The second-order valence-electron chi connectivity index (χ2n) is 5.72. The van der Waals surface area contributed by atoms with E-state index in [4.69, 9.17) is 4.74 Å². The summed E-state index contributed by atoms with van der Waals surface area (Å²) in [4.78, 5) is 11.5. The Morgan fingerprint density at radius 3 is 2.29 bits per heavy atom. The van der Waals surface area contributed by atoms with Gasteiger partial charge in [0, 0.05) is 13.2 Å². The topological polar surface area (TPSA) is 46.5 Å². The van der Waals surface area contributed by atoms with E-state index in [-0.39, 0.29) is 0 Å². The molecule has 0 aliphatic heterocycles. The van der Waals surface area contributed by atoms with Gasteiger partial charge in [0.15, 0.2) is 0 Å². The van der Waals surface area contributed by atoms with Crippen molar-refractivity contribution >= 4 is 5.97 Å². The van der Waals surface area contributed by atoms with Gasteiger partial charge in [-0.3, -0.25) is 4.79 Å². The van der Waals surface area contributed by atoms with Crippen LogP contribution in [-0.4, -0.2) is 24.3 Å². The summed E-state index contributed by atoms with van der Waals surface area (Å²) in [5.41, 5.74) is -0.506. The van der Waals surface area contributed by atoms with E-state index in [0.29, 0.717) is 18.9 Å². The molecule has 0 aromatic heterocycles. The lowest BCUT2D eigenvalue weighted by Gasteiger charge is -2.28. The fraction of sp³-hybridized carbons (Fsp3) is 0.929. The van der Waals surface area contributed by atoms with Crippen molar-refractivity contribution in [2.24, 2.45) is 11.3 Å². The van der Waals surface area contributed by atoms with Crippen LogP contribution in [0.1, 0.15) is 58.8 Å². The van der Waals surface area contributed by atoms with E-state index < -0.39 is 11.4 Å². The van der Waals surface area contributed by atoms with E-state index in [0.717, 1.165) is 32.3 Å². The van der Waals surface area contributed by atoms with Crippen LogP contribution < -0.4 is 0 Å². The molecule has 0 atom stereocenters. The number of carboxylic acid groups (broad SMARTS) is 1. The Morgan fingerprint density at radius 2 is 1.82 bits per heavy atom. The van der Waals surface area contributed by atoms with E-state index in [1.54, 1.807) is 0 Å². The van der Waals surface area contributed by atoms with Gasteiger partial charge in [-0.05, 0) is 25.2 Å². The van der Waals surface area contributed by atoms with E-state index in [1.165, 1.54) is 12.8 Å². The van der Waals surface area contributed by atoms with Crippen molar-refractivity contribution in [3.63, 3.8) is 0 Å². The van der Waals surface area contributed by atoms with E-state index in [2.05, 4.69) is 13.8 Å². The largest absolute Gasteiger partial charge is 0.481 e. The zero-order valence-corrected chi connectivity index (χ0v) is 11.2. The maximum Gasteiger partial charge on any atom is 0.309 e. The van der Waals surface area contributed by atoms with Gasteiger partial charge in [-0.15, -0.1) is 0 Å². The molecule has 1 aliphatic carbocycles. The van der Waals surface area contributed by atoms with Crippen molar-refractivity contribution < 1.29 is 14.6 Å². The van der Waals surface area contributed by atoms with Crippen molar-refractivity contribution in [3.05, 3.63) is 0 Å². The van der Waals surface area contributed by atoms with Crippen molar-refractivity contribution in [1.29, 1.82) is 0 Å². The van der Waals surface area contributed by atoms with E-state index in [1.807, 2.05) is 0 Å². The van der Waals surface area contributed by atoms with Crippen molar-refractivity contribution in [2.45, 2.75) is 58.8 Å². The number of hydrogen-bond donors (Lipinski definition) is 1. The number of ether oxygens (including phenoxy) is 1. The average Bonchev–Trinajstić information content (AvgIpc) is 2.50. The minimum Gasteiger partial charge on any atom is -0.481 e. The number of aliphatic carboxylic acids is 1. The second-order valence-corrected chi connectivity index (χ2v) is 5.72. The molecule has 3 heteroatoms. The quantitative estimate of drug-likeness (QED) is 0.573. The highest BCUT2D eigenvalue weighted by Crippen LogP contribution is 2.38. The first kappa shape index (κ1) is 14.5. The van der Waals surface area contributed by atoms with Gasteiger partial charge in [0.25, 0.3) is 0 Å². The molecule has 0 aromatic rings. The van der Waals surface area contributed by atoms with Crippen LogP contribution in [0.2, 0.25) is 0 Å². The smallest absolute Gasteiger partial charge is 0.309 e. The number of hydrogen-bond acceptors (Lipinski definition) is 2. The molecule has 0 bridgehead atoms. The molecule has 1 fully saturated rings. The molecule has 1 rings (SSSR count). The van der Waals surface area contributed by atoms with Crippen LogP contribution in [0.15, 0.2) is 0 Å². The summed E-state index contributed by atoms with van der Waals surface area (Å²) < 4.78 is 5.55. The highest BCUT2D eigenvalue weighted by Gasteiger charge is 2.38. The van der Waals surface area contributed by atoms with E-state index >= 15 is 0 Å². The SMILES string of the molecule is CC(C)COCCC1(C(=O)O)CCCCCC1. The Balaban J connectivity index is 2.44. The molecule has 3 nitrogen and oxygen atoms in total. The van der Waals surface area contributed by atoms with Crippen LogP contribution in [0, 0.1) is 11.3 Å². The molecule has 0 saturated heterocycles. The molecule has 100 valence electrons. The lowest BCUT2D eigenvalue weighted by atomic mass is 9.78. The van der Waals surface area contributed by atoms with Gasteiger partial charge in [-0.1, -0.05) is 39.5 Å². The molecule has 0 spiro atoms. The van der Waals surface area contributed by atoms with E-state index in [9.17, 15) is 9.90 Å². The minimum absolute atomic E-state index is 0.506.